The van der Waals surface area contributed by atoms with E-state index in [2.05, 4.69) is 5.32 Å². The Morgan fingerprint density at radius 1 is 1.53 bits per heavy atom. The van der Waals surface area contributed by atoms with Gasteiger partial charge < -0.3 is 10.4 Å². The van der Waals surface area contributed by atoms with Crippen LogP contribution < -0.4 is 5.32 Å². The topological polar surface area (TPSA) is 66.4 Å². The van der Waals surface area contributed by atoms with E-state index in [0.29, 0.717) is 22.7 Å². The predicted molar refractivity (Wildman–Crippen MR) is 74.8 cm³/mol. The molecule has 6 heteroatoms. The highest BCUT2D eigenvalue weighted by molar-refractivity contribution is 7.12. The van der Waals surface area contributed by atoms with Crippen LogP contribution >= 0.6 is 22.9 Å². The van der Waals surface area contributed by atoms with Crippen LogP contribution in [0.2, 0.25) is 5.02 Å². The summed E-state index contributed by atoms with van der Waals surface area (Å²) in [7, 11) is 0. The fraction of sp³-hybridized carbons (Fsp3) is 0.538. The molecular weight excluding hydrogens is 286 g/mol. The number of hydrogen-bond donors (Lipinski definition) is 2. The molecule has 2 unspecified atom stereocenters. The van der Waals surface area contributed by atoms with E-state index >= 15 is 0 Å². The number of amides is 1. The Morgan fingerprint density at radius 3 is 2.84 bits per heavy atom. The maximum Gasteiger partial charge on any atom is 0.311 e. The molecule has 1 aliphatic carbocycles. The van der Waals surface area contributed by atoms with Gasteiger partial charge in [0.25, 0.3) is 5.91 Å². The molecule has 1 amide bonds. The first-order valence-corrected chi connectivity index (χ1v) is 7.48. The summed E-state index contributed by atoms with van der Waals surface area (Å²) in [6, 6.07) is 1.32. The van der Waals surface area contributed by atoms with E-state index in [9.17, 15) is 14.7 Å². The van der Waals surface area contributed by atoms with Crippen LogP contribution in [0.15, 0.2) is 11.4 Å². The number of hydrogen-bond acceptors (Lipinski definition) is 3. The second-order valence-corrected chi connectivity index (χ2v) is 6.42. The third-order valence-electron chi connectivity index (χ3n) is 3.83. The normalized spacial score (nSPS) is 26.9. The van der Waals surface area contributed by atoms with Crippen LogP contribution in [0.5, 0.6) is 0 Å². The van der Waals surface area contributed by atoms with Gasteiger partial charge in [-0.2, -0.15) is 0 Å². The summed E-state index contributed by atoms with van der Waals surface area (Å²) in [5.74, 6) is -1.13. The van der Waals surface area contributed by atoms with Crippen molar-refractivity contribution in [1.82, 2.24) is 5.32 Å². The smallest absolute Gasteiger partial charge is 0.311 e. The maximum absolute atomic E-state index is 12.1. The van der Waals surface area contributed by atoms with Crippen LogP contribution in [0.25, 0.3) is 0 Å². The minimum Gasteiger partial charge on any atom is -0.481 e. The molecule has 0 aromatic carbocycles. The lowest BCUT2D eigenvalue weighted by atomic mass is 9.71. The molecule has 1 aromatic rings. The summed E-state index contributed by atoms with van der Waals surface area (Å²) in [5, 5.41) is 14.4. The molecule has 0 aliphatic heterocycles. The SMILES string of the molecule is CC1(C(=O)O)CCCCC1NC(=O)c1sccc1Cl. The Kier molecular flexibility index (Phi) is 4.16. The fourth-order valence-electron chi connectivity index (χ4n) is 2.50. The highest BCUT2D eigenvalue weighted by Crippen LogP contribution is 2.37. The molecule has 1 aliphatic rings. The molecule has 2 N–H and O–H groups in total. The van der Waals surface area contributed by atoms with E-state index in [1.165, 1.54) is 11.3 Å². The average Bonchev–Trinajstić information content (AvgIpc) is 2.78. The van der Waals surface area contributed by atoms with Crippen molar-refractivity contribution in [1.29, 1.82) is 0 Å². The van der Waals surface area contributed by atoms with Gasteiger partial charge in [0.05, 0.1) is 10.4 Å². The van der Waals surface area contributed by atoms with E-state index in [1.807, 2.05) is 0 Å². The minimum atomic E-state index is -0.891. The monoisotopic (exact) mass is 301 g/mol. The van der Waals surface area contributed by atoms with Crippen molar-refractivity contribution in [3.63, 3.8) is 0 Å². The molecule has 4 nitrogen and oxygen atoms in total. The summed E-state index contributed by atoms with van der Waals surface area (Å²) < 4.78 is 0. The molecule has 0 bridgehead atoms. The largest absolute Gasteiger partial charge is 0.481 e. The third-order valence-corrected chi connectivity index (χ3v) is 5.17. The van der Waals surface area contributed by atoms with Gasteiger partial charge in [0.2, 0.25) is 0 Å². The van der Waals surface area contributed by atoms with Gasteiger partial charge >= 0.3 is 5.97 Å². The van der Waals surface area contributed by atoms with E-state index in [0.717, 1.165) is 12.8 Å². The summed E-state index contributed by atoms with van der Waals surface area (Å²) >= 11 is 7.18. The quantitative estimate of drug-likeness (QED) is 0.901. The summed E-state index contributed by atoms with van der Waals surface area (Å²) in [6.45, 7) is 1.70. The lowest BCUT2D eigenvalue weighted by Gasteiger charge is -2.38. The van der Waals surface area contributed by atoms with E-state index in [-0.39, 0.29) is 11.9 Å². The average molecular weight is 302 g/mol. The number of carbonyl (C=O) groups excluding carboxylic acids is 1. The molecular formula is C13H16ClNO3S. The highest BCUT2D eigenvalue weighted by atomic mass is 35.5. The Hall–Kier alpha value is -1.07. The van der Waals surface area contributed by atoms with Crippen LogP contribution in [0.4, 0.5) is 0 Å². The summed E-state index contributed by atoms with van der Waals surface area (Å²) in [4.78, 5) is 24.0. The zero-order valence-electron chi connectivity index (χ0n) is 10.6. The first kappa shape index (κ1) is 14.3. The Balaban J connectivity index is 2.15. The van der Waals surface area contributed by atoms with Gasteiger partial charge in [-0.1, -0.05) is 24.4 Å². The van der Waals surface area contributed by atoms with Crippen molar-refractivity contribution < 1.29 is 14.7 Å². The van der Waals surface area contributed by atoms with E-state index in [1.54, 1.807) is 18.4 Å². The van der Waals surface area contributed by atoms with Gasteiger partial charge in [-0.25, -0.2) is 0 Å². The van der Waals surface area contributed by atoms with Crippen molar-refractivity contribution in [3.05, 3.63) is 21.3 Å². The molecule has 0 radical (unpaired) electrons. The molecule has 1 fully saturated rings. The zero-order valence-corrected chi connectivity index (χ0v) is 12.2. The number of carbonyl (C=O) groups is 2. The van der Waals surface area contributed by atoms with Gasteiger partial charge in [-0.3, -0.25) is 9.59 Å². The highest BCUT2D eigenvalue weighted by Gasteiger charge is 2.44. The molecule has 1 heterocycles. The minimum absolute atomic E-state index is 0.278. The summed E-state index contributed by atoms with van der Waals surface area (Å²) in [6.07, 6.45) is 3.10. The molecule has 2 rings (SSSR count). The molecule has 1 aromatic heterocycles. The summed E-state index contributed by atoms with van der Waals surface area (Å²) in [5.41, 5.74) is -0.891. The number of halogens is 1. The molecule has 1 saturated carbocycles. The van der Waals surface area contributed by atoms with Gasteiger partial charge in [-0.05, 0) is 31.2 Å². The first-order chi connectivity index (χ1) is 8.95. The predicted octanol–water partition coefficient (Wildman–Crippen LogP) is 3.16. The number of rotatable bonds is 3. The van der Waals surface area contributed by atoms with Crippen LogP contribution in [0.3, 0.4) is 0 Å². The van der Waals surface area contributed by atoms with Crippen molar-refractivity contribution in [3.8, 4) is 0 Å². The lowest BCUT2D eigenvalue weighted by Crippen LogP contribution is -2.52. The maximum atomic E-state index is 12.1. The first-order valence-electron chi connectivity index (χ1n) is 6.22. The van der Waals surface area contributed by atoms with Gasteiger partial charge in [-0.15, -0.1) is 11.3 Å². The number of thiophene rings is 1. The third kappa shape index (κ3) is 2.77. The van der Waals surface area contributed by atoms with Crippen molar-refractivity contribution in [2.75, 3.05) is 0 Å². The Morgan fingerprint density at radius 2 is 2.26 bits per heavy atom. The van der Waals surface area contributed by atoms with Crippen LogP contribution in [0, 0.1) is 5.41 Å². The van der Waals surface area contributed by atoms with Gasteiger partial charge in [0, 0.05) is 6.04 Å². The van der Waals surface area contributed by atoms with E-state index in [4.69, 9.17) is 11.6 Å². The second-order valence-electron chi connectivity index (χ2n) is 5.09. The van der Waals surface area contributed by atoms with Gasteiger partial charge in [0.15, 0.2) is 0 Å². The Labute approximate surface area is 120 Å². The fourth-order valence-corrected chi connectivity index (χ4v) is 3.54. The Bertz CT molecular complexity index is 502. The standard InChI is InChI=1S/C13H16ClNO3S/c1-13(12(17)18)6-3-2-4-9(13)15-11(16)10-8(14)5-7-19-10/h5,7,9H,2-4,6H2,1H3,(H,15,16)(H,17,18). The van der Waals surface area contributed by atoms with Crippen LogP contribution in [-0.2, 0) is 4.79 Å². The zero-order chi connectivity index (χ0) is 14.0. The van der Waals surface area contributed by atoms with Crippen molar-refractivity contribution >= 4 is 34.8 Å². The molecule has 2 atom stereocenters. The number of aliphatic carboxylic acids is 1. The molecule has 104 valence electrons. The van der Waals surface area contributed by atoms with E-state index < -0.39 is 11.4 Å². The number of carboxylic acids is 1. The molecule has 0 saturated heterocycles. The molecule has 0 spiro atoms. The van der Waals surface area contributed by atoms with Crippen molar-refractivity contribution in [2.45, 2.75) is 38.6 Å². The number of carboxylic acid groups (broad SMARTS) is 1. The molecule has 19 heavy (non-hydrogen) atoms. The second kappa shape index (κ2) is 5.51. The van der Waals surface area contributed by atoms with Crippen molar-refractivity contribution in [2.24, 2.45) is 5.41 Å². The van der Waals surface area contributed by atoms with Gasteiger partial charge in [0.1, 0.15) is 4.88 Å². The van der Waals surface area contributed by atoms with Crippen LogP contribution in [0.1, 0.15) is 42.3 Å². The lowest BCUT2D eigenvalue weighted by molar-refractivity contribution is -0.151. The number of nitrogens with one attached hydrogen (secondary N) is 1. The van der Waals surface area contributed by atoms with Crippen LogP contribution in [-0.4, -0.2) is 23.0 Å².